The van der Waals surface area contributed by atoms with E-state index in [-0.39, 0.29) is 6.04 Å². The Balaban J connectivity index is 3.13. The van der Waals surface area contributed by atoms with Crippen LogP contribution >= 0.6 is 11.6 Å². The van der Waals surface area contributed by atoms with Gasteiger partial charge in [-0.2, -0.15) is 0 Å². The summed E-state index contributed by atoms with van der Waals surface area (Å²) >= 11 is 6.31. The zero-order valence-electron chi connectivity index (χ0n) is 12.9. The summed E-state index contributed by atoms with van der Waals surface area (Å²) in [5.74, 6) is 1.70. The van der Waals surface area contributed by atoms with Crippen LogP contribution < -0.4 is 15.2 Å². The van der Waals surface area contributed by atoms with Crippen LogP contribution in [0.2, 0.25) is 5.02 Å². The van der Waals surface area contributed by atoms with Gasteiger partial charge in [0.15, 0.2) is 0 Å². The van der Waals surface area contributed by atoms with Crippen molar-refractivity contribution in [3.63, 3.8) is 0 Å². The van der Waals surface area contributed by atoms with Gasteiger partial charge in [-0.05, 0) is 30.9 Å². The Hall–Kier alpha value is -0.930. The van der Waals surface area contributed by atoms with Crippen molar-refractivity contribution < 1.29 is 9.47 Å². The van der Waals surface area contributed by atoms with Crippen LogP contribution in [-0.2, 0) is 0 Å². The molecule has 0 aliphatic carbocycles. The van der Waals surface area contributed by atoms with Crippen LogP contribution in [-0.4, -0.2) is 14.2 Å². The highest BCUT2D eigenvalue weighted by Crippen LogP contribution is 2.41. The molecule has 1 aromatic rings. The predicted molar refractivity (Wildman–Crippen MR) is 84.8 cm³/mol. The van der Waals surface area contributed by atoms with Gasteiger partial charge in [-0.25, -0.2) is 0 Å². The molecule has 3 nitrogen and oxygen atoms in total. The van der Waals surface area contributed by atoms with E-state index in [9.17, 15) is 0 Å². The maximum absolute atomic E-state index is 6.47. The van der Waals surface area contributed by atoms with E-state index in [1.165, 1.54) is 0 Å². The van der Waals surface area contributed by atoms with Crippen LogP contribution in [0.1, 0.15) is 51.1 Å². The second kappa shape index (κ2) is 8.38. The van der Waals surface area contributed by atoms with Gasteiger partial charge in [0.2, 0.25) is 0 Å². The molecule has 0 amide bonds. The van der Waals surface area contributed by atoms with Crippen LogP contribution in [0.5, 0.6) is 11.5 Å². The lowest BCUT2D eigenvalue weighted by Crippen LogP contribution is -2.22. The second-order valence-electron chi connectivity index (χ2n) is 5.07. The van der Waals surface area contributed by atoms with Gasteiger partial charge in [0.1, 0.15) is 16.5 Å². The smallest absolute Gasteiger partial charge is 0.146 e. The van der Waals surface area contributed by atoms with Crippen LogP contribution in [0.25, 0.3) is 0 Å². The van der Waals surface area contributed by atoms with E-state index in [2.05, 4.69) is 13.8 Å². The first-order valence-corrected chi connectivity index (χ1v) is 7.64. The van der Waals surface area contributed by atoms with Gasteiger partial charge in [-0.3, -0.25) is 0 Å². The first-order chi connectivity index (χ1) is 9.60. The molecule has 0 aliphatic rings. The molecule has 0 saturated carbocycles. The number of rotatable bonds is 8. The molecular formula is C16H26ClNO2. The fourth-order valence-corrected chi connectivity index (χ4v) is 3.01. The molecule has 0 aromatic heterocycles. The normalized spacial score (nSPS) is 12.6. The highest BCUT2D eigenvalue weighted by atomic mass is 35.5. The fourth-order valence-electron chi connectivity index (χ4n) is 2.68. The molecule has 0 fully saturated rings. The van der Waals surface area contributed by atoms with Gasteiger partial charge < -0.3 is 15.2 Å². The second-order valence-corrected chi connectivity index (χ2v) is 5.45. The van der Waals surface area contributed by atoms with Gasteiger partial charge in [0, 0.05) is 11.6 Å². The van der Waals surface area contributed by atoms with Crippen LogP contribution in [0.15, 0.2) is 12.1 Å². The predicted octanol–water partition coefficient (Wildman–Crippen LogP) is 4.57. The van der Waals surface area contributed by atoms with E-state index in [1.807, 2.05) is 12.1 Å². The van der Waals surface area contributed by atoms with E-state index in [0.717, 1.165) is 31.2 Å². The minimum Gasteiger partial charge on any atom is -0.495 e. The molecule has 1 rings (SSSR count). The summed E-state index contributed by atoms with van der Waals surface area (Å²) in [5, 5.41) is 0.495. The summed E-state index contributed by atoms with van der Waals surface area (Å²) in [6.07, 6.45) is 4.48. The molecule has 0 spiro atoms. The van der Waals surface area contributed by atoms with E-state index in [0.29, 0.717) is 22.4 Å². The molecule has 0 aliphatic heterocycles. The molecule has 0 radical (unpaired) electrons. The van der Waals surface area contributed by atoms with Gasteiger partial charge in [0.25, 0.3) is 0 Å². The number of nitrogens with two attached hydrogens (primary N) is 1. The Labute approximate surface area is 127 Å². The average Bonchev–Trinajstić information content (AvgIpc) is 2.46. The molecule has 20 heavy (non-hydrogen) atoms. The number of hydrogen-bond acceptors (Lipinski definition) is 3. The van der Waals surface area contributed by atoms with Crippen molar-refractivity contribution >= 4 is 11.6 Å². The minimum atomic E-state index is -0.0618. The van der Waals surface area contributed by atoms with E-state index in [1.54, 1.807) is 14.2 Å². The lowest BCUT2D eigenvalue weighted by molar-refractivity contribution is 0.347. The van der Waals surface area contributed by atoms with Gasteiger partial charge in [0.05, 0.1) is 14.2 Å². The third-order valence-electron chi connectivity index (χ3n) is 3.70. The third-order valence-corrected chi connectivity index (χ3v) is 4.06. The third kappa shape index (κ3) is 3.80. The van der Waals surface area contributed by atoms with Gasteiger partial charge >= 0.3 is 0 Å². The van der Waals surface area contributed by atoms with Crippen molar-refractivity contribution in [1.82, 2.24) is 0 Å². The molecule has 0 heterocycles. The maximum atomic E-state index is 6.47. The Morgan fingerprint density at radius 2 is 1.70 bits per heavy atom. The van der Waals surface area contributed by atoms with Crippen molar-refractivity contribution in [2.75, 3.05) is 14.2 Å². The standard InChI is InChI=1S/C16H26ClNO2/c1-5-7-11(8-6-2)15(18)12-9-10-13(19-3)14(17)16(12)20-4/h9-11,15H,5-8,18H2,1-4H3. The molecule has 0 bridgehead atoms. The molecule has 4 heteroatoms. The number of ether oxygens (including phenoxy) is 2. The Bertz CT molecular complexity index is 417. The lowest BCUT2D eigenvalue weighted by atomic mass is 9.86. The highest BCUT2D eigenvalue weighted by molar-refractivity contribution is 6.33. The first-order valence-electron chi connectivity index (χ1n) is 7.26. The summed E-state index contributed by atoms with van der Waals surface area (Å²) in [5.41, 5.74) is 7.43. The SMILES string of the molecule is CCCC(CCC)C(N)c1ccc(OC)c(Cl)c1OC. The Morgan fingerprint density at radius 3 is 2.15 bits per heavy atom. The van der Waals surface area contributed by atoms with Gasteiger partial charge in [-0.15, -0.1) is 0 Å². The Morgan fingerprint density at radius 1 is 1.10 bits per heavy atom. The number of halogens is 1. The maximum Gasteiger partial charge on any atom is 0.146 e. The van der Waals surface area contributed by atoms with Crippen molar-refractivity contribution in [3.8, 4) is 11.5 Å². The topological polar surface area (TPSA) is 44.5 Å². The number of benzene rings is 1. The zero-order valence-corrected chi connectivity index (χ0v) is 13.7. The summed E-state index contributed by atoms with van der Waals surface area (Å²) in [6.45, 7) is 4.38. The van der Waals surface area contributed by atoms with Gasteiger partial charge in [-0.1, -0.05) is 38.3 Å². The van der Waals surface area contributed by atoms with Crippen molar-refractivity contribution in [2.45, 2.75) is 45.6 Å². The molecule has 1 aromatic carbocycles. The van der Waals surface area contributed by atoms with Crippen molar-refractivity contribution in [2.24, 2.45) is 11.7 Å². The monoisotopic (exact) mass is 299 g/mol. The van der Waals surface area contributed by atoms with Crippen LogP contribution in [0.4, 0.5) is 0 Å². The van der Waals surface area contributed by atoms with E-state index < -0.39 is 0 Å². The minimum absolute atomic E-state index is 0.0618. The Kier molecular flexibility index (Phi) is 7.17. The summed E-state index contributed by atoms with van der Waals surface area (Å²) in [7, 11) is 3.21. The van der Waals surface area contributed by atoms with Crippen LogP contribution in [0, 0.1) is 5.92 Å². The summed E-state index contributed by atoms with van der Waals surface area (Å²) < 4.78 is 10.7. The zero-order chi connectivity index (χ0) is 15.1. The molecule has 0 saturated heterocycles. The summed E-state index contributed by atoms with van der Waals surface area (Å²) in [6, 6.07) is 3.76. The highest BCUT2D eigenvalue weighted by Gasteiger charge is 2.24. The number of methoxy groups -OCH3 is 2. The van der Waals surface area contributed by atoms with Crippen molar-refractivity contribution in [3.05, 3.63) is 22.7 Å². The lowest BCUT2D eigenvalue weighted by Gasteiger charge is -2.26. The molecule has 1 atom stereocenters. The largest absolute Gasteiger partial charge is 0.495 e. The first kappa shape index (κ1) is 17.1. The average molecular weight is 300 g/mol. The van der Waals surface area contributed by atoms with E-state index in [4.69, 9.17) is 26.8 Å². The summed E-state index contributed by atoms with van der Waals surface area (Å²) in [4.78, 5) is 0. The molecular weight excluding hydrogens is 274 g/mol. The molecule has 114 valence electrons. The quantitative estimate of drug-likeness (QED) is 0.764. The molecule has 2 N–H and O–H groups in total. The number of hydrogen-bond donors (Lipinski definition) is 1. The van der Waals surface area contributed by atoms with Crippen molar-refractivity contribution in [1.29, 1.82) is 0 Å². The van der Waals surface area contributed by atoms with Crippen LogP contribution in [0.3, 0.4) is 0 Å². The fraction of sp³-hybridized carbons (Fsp3) is 0.625. The van der Waals surface area contributed by atoms with E-state index >= 15 is 0 Å². The molecule has 1 unspecified atom stereocenters.